The molecule has 0 radical (unpaired) electrons. The van der Waals surface area contributed by atoms with Crippen LogP contribution in [0.4, 0.5) is 10.5 Å². The molecule has 1 heterocycles. The molecule has 190 valence electrons. The standard InChI is InChI=1S/C26H28N2O8/c1-14(2)22(27-25(31)36-26(4,5)6)24(30)35-18-11-12-19-20(13-18)34-15(3)21(23(19)29)16-7-9-17(10-8-16)28(32)33/h7-14,22H,1-6H3,(H,27,31)/t22-/m1/s1. The minimum atomic E-state index is -0.964. The second-order valence-electron chi connectivity index (χ2n) is 9.61. The van der Waals surface area contributed by atoms with Crippen LogP contribution in [0.1, 0.15) is 40.4 Å². The van der Waals surface area contributed by atoms with Crippen molar-refractivity contribution in [3.05, 3.63) is 68.6 Å². The van der Waals surface area contributed by atoms with E-state index in [0.29, 0.717) is 11.3 Å². The quantitative estimate of drug-likeness (QED) is 0.214. The maximum Gasteiger partial charge on any atom is 0.408 e. The van der Waals surface area contributed by atoms with Crippen LogP contribution in [0.15, 0.2) is 51.7 Å². The third-order valence-electron chi connectivity index (χ3n) is 5.22. The Hall–Kier alpha value is -4.21. The van der Waals surface area contributed by atoms with Gasteiger partial charge in [-0.25, -0.2) is 9.59 Å². The average molecular weight is 497 g/mol. The summed E-state index contributed by atoms with van der Waals surface area (Å²) >= 11 is 0. The number of aryl methyl sites for hydroxylation is 1. The van der Waals surface area contributed by atoms with Gasteiger partial charge >= 0.3 is 12.1 Å². The van der Waals surface area contributed by atoms with E-state index in [9.17, 15) is 24.5 Å². The molecule has 0 aliphatic rings. The van der Waals surface area contributed by atoms with E-state index in [1.165, 1.54) is 42.5 Å². The van der Waals surface area contributed by atoms with E-state index in [-0.39, 0.29) is 39.3 Å². The Bertz CT molecular complexity index is 1370. The molecule has 1 aromatic heterocycles. The van der Waals surface area contributed by atoms with Gasteiger partial charge in [0, 0.05) is 18.2 Å². The molecule has 0 aliphatic carbocycles. The highest BCUT2D eigenvalue weighted by molar-refractivity contribution is 5.86. The molecule has 3 rings (SSSR count). The van der Waals surface area contributed by atoms with Crippen LogP contribution in [0.3, 0.4) is 0 Å². The maximum atomic E-state index is 13.2. The summed E-state index contributed by atoms with van der Waals surface area (Å²) in [5.74, 6) is -0.544. The molecule has 36 heavy (non-hydrogen) atoms. The van der Waals surface area contributed by atoms with E-state index in [4.69, 9.17) is 13.9 Å². The fraction of sp³-hybridized carbons (Fsp3) is 0.346. The van der Waals surface area contributed by atoms with Crippen molar-refractivity contribution in [2.75, 3.05) is 0 Å². The number of alkyl carbamates (subject to hydrolysis) is 1. The molecule has 1 amide bonds. The number of carbonyl (C=O) groups is 2. The highest BCUT2D eigenvalue weighted by Crippen LogP contribution is 2.28. The van der Waals surface area contributed by atoms with Gasteiger partial charge in [0.2, 0.25) is 5.43 Å². The smallest absolute Gasteiger partial charge is 0.408 e. The maximum absolute atomic E-state index is 13.2. The van der Waals surface area contributed by atoms with Gasteiger partial charge in [-0.05, 0) is 63.4 Å². The van der Waals surface area contributed by atoms with E-state index in [0.717, 1.165) is 0 Å². The van der Waals surface area contributed by atoms with E-state index in [1.807, 2.05) is 0 Å². The van der Waals surface area contributed by atoms with Gasteiger partial charge in [0.25, 0.3) is 5.69 Å². The normalized spacial score (nSPS) is 12.3. The van der Waals surface area contributed by atoms with E-state index in [1.54, 1.807) is 41.5 Å². The Morgan fingerprint density at radius 3 is 2.28 bits per heavy atom. The van der Waals surface area contributed by atoms with E-state index >= 15 is 0 Å². The minimum absolute atomic E-state index is 0.0890. The van der Waals surface area contributed by atoms with Crippen molar-refractivity contribution in [1.82, 2.24) is 5.32 Å². The number of nitrogens with zero attached hydrogens (tertiary/aromatic N) is 1. The molecule has 0 bridgehead atoms. The molecule has 0 saturated heterocycles. The average Bonchev–Trinajstić information content (AvgIpc) is 2.76. The molecule has 1 N–H and O–H groups in total. The van der Waals surface area contributed by atoms with Gasteiger partial charge in [0.15, 0.2) is 0 Å². The molecule has 0 saturated carbocycles. The predicted molar refractivity (Wildman–Crippen MR) is 133 cm³/mol. The van der Waals surface area contributed by atoms with Gasteiger partial charge < -0.3 is 19.2 Å². The number of carbonyl (C=O) groups excluding carboxylic acids is 2. The Morgan fingerprint density at radius 2 is 1.72 bits per heavy atom. The third-order valence-corrected chi connectivity index (χ3v) is 5.22. The lowest BCUT2D eigenvalue weighted by Gasteiger charge is -2.24. The Morgan fingerprint density at radius 1 is 1.08 bits per heavy atom. The molecule has 3 aromatic rings. The molecule has 0 fully saturated rings. The van der Waals surface area contributed by atoms with Crippen LogP contribution in [-0.2, 0) is 9.53 Å². The first-order valence-corrected chi connectivity index (χ1v) is 11.3. The summed E-state index contributed by atoms with van der Waals surface area (Å²) in [5.41, 5.74) is -0.173. The van der Waals surface area contributed by atoms with Gasteiger partial charge in [-0.15, -0.1) is 0 Å². The van der Waals surface area contributed by atoms with Crippen molar-refractivity contribution in [2.24, 2.45) is 5.92 Å². The van der Waals surface area contributed by atoms with Gasteiger partial charge in [-0.1, -0.05) is 13.8 Å². The lowest BCUT2D eigenvalue weighted by atomic mass is 10.0. The van der Waals surface area contributed by atoms with Crippen LogP contribution < -0.4 is 15.5 Å². The number of benzene rings is 2. The molecule has 1 atom stereocenters. The van der Waals surface area contributed by atoms with Crippen LogP contribution in [0.2, 0.25) is 0 Å². The number of esters is 1. The summed E-state index contributed by atoms with van der Waals surface area (Å²) in [6, 6.07) is 9.00. The number of nitro groups is 1. The minimum Gasteiger partial charge on any atom is -0.460 e. The van der Waals surface area contributed by atoms with Crippen LogP contribution >= 0.6 is 0 Å². The molecule has 0 spiro atoms. The molecule has 0 aliphatic heterocycles. The third kappa shape index (κ3) is 6.07. The Balaban J connectivity index is 1.87. The Labute approximate surface area is 207 Å². The molecular formula is C26H28N2O8. The first-order chi connectivity index (χ1) is 16.8. The summed E-state index contributed by atoms with van der Waals surface area (Å²) in [6.45, 7) is 10.3. The molecule has 0 unspecified atom stereocenters. The summed E-state index contributed by atoms with van der Waals surface area (Å²) in [7, 11) is 0. The predicted octanol–water partition coefficient (Wildman–Crippen LogP) is 5.13. The lowest BCUT2D eigenvalue weighted by Crippen LogP contribution is -2.48. The number of fused-ring (bicyclic) bond motifs is 1. The number of nitrogens with one attached hydrogen (secondary N) is 1. The first-order valence-electron chi connectivity index (χ1n) is 11.3. The number of nitro benzene ring substituents is 1. The Kier molecular flexibility index (Phi) is 7.47. The fourth-order valence-electron chi connectivity index (χ4n) is 3.54. The fourth-order valence-corrected chi connectivity index (χ4v) is 3.54. The van der Waals surface area contributed by atoms with Crippen LogP contribution in [0, 0.1) is 23.0 Å². The number of non-ortho nitro benzene ring substituents is 1. The van der Waals surface area contributed by atoms with Crippen molar-refractivity contribution in [1.29, 1.82) is 0 Å². The SMILES string of the molecule is Cc1oc2cc(OC(=O)[C@H](NC(=O)OC(C)(C)C)C(C)C)ccc2c(=O)c1-c1ccc([N+](=O)[O-])cc1. The summed E-state index contributed by atoms with van der Waals surface area (Å²) in [4.78, 5) is 48.5. The molecular weight excluding hydrogens is 468 g/mol. The van der Waals surface area contributed by atoms with E-state index in [2.05, 4.69) is 5.32 Å². The monoisotopic (exact) mass is 496 g/mol. The first kappa shape index (κ1) is 26.4. The van der Waals surface area contributed by atoms with Crippen molar-refractivity contribution in [3.8, 4) is 16.9 Å². The number of hydrogen-bond donors (Lipinski definition) is 1. The van der Waals surface area contributed by atoms with Gasteiger partial charge in [0.05, 0.1) is 15.9 Å². The largest absolute Gasteiger partial charge is 0.460 e. The lowest BCUT2D eigenvalue weighted by molar-refractivity contribution is -0.384. The zero-order valence-corrected chi connectivity index (χ0v) is 20.9. The zero-order chi connectivity index (χ0) is 26.8. The van der Waals surface area contributed by atoms with Gasteiger partial charge in [0.1, 0.15) is 28.7 Å². The van der Waals surface area contributed by atoms with Crippen LogP contribution in [0.25, 0.3) is 22.1 Å². The van der Waals surface area contributed by atoms with Gasteiger partial charge in [-0.3, -0.25) is 14.9 Å². The highest BCUT2D eigenvalue weighted by atomic mass is 16.6. The van der Waals surface area contributed by atoms with E-state index < -0.39 is 28.6 Å². The molecule has 10 nitrogen and oxygen atoms in total. The zero-order valence-electron chi connectivity index (χ0n) is 20.9. The van der Waals surface area contributed by atoms with Gasteiger partial charge in [-0.2, -0.15) is 0 Å². The van der Waals surface area contributed by atoms with Crippen molar-refractivity contribution >= 4 is 28.7 Å². The summed E-state index contributed by atoms with van der Waals surface area (Å²) in [5, 5.41) is 13.7. The topological polar surface area (TPSA) is 138 Å². The van der Waals surface area contributed by atoms with Crippen LogP contribution in [0.5, 0.6) is 5.75 Å². The summed E-state index contributed by atoms with van der Waals surface area (Å²) in [6.07, 6.45) is -0.739. The number of hydrogen-bond acceptors (Lipinski definition) is 8. The number of amides is 1. The second kappa shape index (κ2) is 10.2. The number of ether oxygens (including phenoxy) is 2. The second-order valence-corrected chi connectivity index (χ2v) is 9.61. The van der Waals surface area contributed by atoms with Crippen LogP contribution in [-0.4, -0.2) is 28.6 Å². The van der Waals surface area contributed by atoms with Crippen molar-refractivity contribution < 1.29 is 28.4 Å². The van der Waals surface area contributed by atoms with Crippen molar-refractivity contribution in [3.63, 3.8) is 0 Å². The summed E-state index contributed by atoms with van der Waals surface area (Å²) < 4.78 is 16.5. The highest BCUT2D eigenvalue weighted by Gasteiger charge is 2.29. The number of rotatable bonds is 6. The van der Waals surface area contributed by atoms with Crippen molar-refractivity contribution in [2.45, 2.75) is 53.2 Å². The molecule has 2 aromatic carbocycles. The molecule has 10 heteroatoms.